The summed E-state index contributed by atoms with van der Waals surface area (Å²) < 4.78 is 0. The lowest BCUT2D eigenvalue weighted by atomic mass is 9.97. The van der Waals surface area contributed by atoms with Gasteiger partial charge in [-0.05, 0) is 49.2 Å². The smallest absolute Gasteiger partial charge is 0.271 e. The number of carbonyl (C=O) groups is 3. The standard InChI is InChI=1S/C24H27N5O3/c25-23(31)18-5-4-14-28(16-18)15-17-8-10-19(11-9-17)26-24(32)21-12-13-22(30)29(27-21)20-6-2-1-3-7-20/h1-3,6-11,18H,4-5,12-16H2,(H2,25,31)(H,26,32). The van der Waals surface area contributed by atoms with Gasteiger partial charge in [-0.15, -0.1) is 0 Å². The van der Waals surface area contributed by atoms with E-state index in [0.29, 0.717) is 30.1 Å². The zero-order chi connectivity index (χ0) is 22.5. The van der Waals surface area contributed by atoms with Gasteiger partial charge in [0, 0.05) is 31.6 Å². The van der Waals surface area contributed by atoms with Crippen LogP contribution < -0.4 is 16.1 Å². The molecule has 0 bridgehead atoms. The Kier molecular flexibility index (Phi) is 6.61. The third-order valence-electron chi connectivity index (χ3n) is 5.82. The molecule has 0 spiro atoms. The highest BCUT2D eigenvalue weighted by Crippen LogP contribution is 2.21. The van der Waals surface area contributed by atoms with Crippen molar-refractivity contribution >= 4 is 34.8 Å². The number of hydrogen-bond acceptors (Lipinski definition) is 5. The van der Waals surface area contributed by atoms with Crippen molar-refractivity contribution in [3.63, 3.8) is 0 Å². The average Bonchev–Trinajstić information content (AvgIpc) is 2.81. The van der Waals surface area contributed by atoms with Crippen LogP contribution in [-0.4, -0.2) is 41.4 Å². The number of piperidine rings is 1. The molecule has 2 aliphatic rings. The van der Waals surface area contributed by atoms with Crippen LogP contribution in [0.1, 0.15) is 31.2 Å². The summed E-state index contributed by atoms with van der Waals surface area (Å²) in [5.41, 5.74) is 8.19. The molecule has 3 N–H and O–H groups in total. The van der Waals surface area contributed by atoms with Gasteiger partial charge in [0.2, 0.25) is 11.8 Å². The van der Waals surface area contributed by atoms with Gasteiger partial charge in [0.25, 0.3) is 5.91 Å². The number of primary amides is 1. The van der Waals surface area contributed by atoms with E-state index in [0.717, 1.165) is 31.5 Å². The van der Waals surface area contributed by atoms with Crippen LogP contribution >= 0.6 is 0 Å². The van der Waals surface area contributed by atoms with Crippen LogP contribution in [0.15, 0.2) is 59.7 Å². The van der Waals surface area contributed by atoms with Crippen LogP contribution in [0.5, 0.6) is 0 Å². The first-order chi connectivity index (χ1) is 15.5. The van der Waals surface area contributed by atoms with Crippen LogP contribution in [0.4, 0.5) is 11.4 Å². The highest BCUT2D eigenvalue weighted by molar-refractivity contribution is 6.44. The third-order valence-corrected chi connectivity index (χ3v) is 5.82. The molecular formula is C24H27N5O3. The molecule has 2 aromatic rings. The number of anilines is 2. The molecule has 166 valence electrons. The summed E-state index contributed by atoms with van der Waals surface area (Å²) in [6.07, 6.45) is 2.37. The summed E-state index contributed by atoms with van der Waals surface area (Å²) in [5.74, 6) is -0.758. The van der Waals surface area contributed by atoms with E-state index < -0.39 is 0 Å². The first kappa shape index (κ1) is 21.7. The Morgan fingerprint density at radius 3 is 2.53 bits per heavy atom. The van der Waals surface area contributed by atoms with E-state index in [2.05, 4.69) is 15.3 Å². The second kappa shape index (κ2) is 9.74. The zero-order valence-electron chi connectivity index (χ0n) is 17.9. The van der Waals surface area contributed by atoms with Gasteiger partial charge in [0.15, 0.2) is 0 Å². The molecular weight excluding hydrogens is 406 g/mol. The number of nitrogens with one attached hydrogen (secondary N) is 1. The molecule has 8 heteroatoms. The highest BCUT2D eigenvalue weighted by atomic mass is 16.2. The molecule has 1 fully saturated rings. The van der Waals surface area contributed by atoms with Crippen LogP contribution in [0, 0.1) is 5.92 Å². The van der Waals surface area contributed by atoms with Crippen molar-refractivity contribution < 1.29 is 14.4 Å². The number of nitrogens with zero attached hydrogens (tertiary/aromatic N) is 3. The van der Waals surface area contributed by atoms with E-state index in [1.165, 1.54) is 5.01 Å². The number of para-hydroxylation sites is 1. The Hall–Kier alpha value is -3.52. The molecule has 0 radical (unpaired) electrons. The Balaban J connectivity index is 1.37. The van der Waals surface area contributed by atoms with Crippen molar-refractivity contribution in [2.45, 2.75) is 32.2 Å². The lowest BCUT2D eigenvalue weighted by molar-refractivity contribution is -0.123. The van der Waals surface area contributed by atoms with Gasteiger partial charge >= 0.3 is 0 Å². The molecule has 2 aliphatic heterocycles. The SMILES string of the molecule is NC(=O)C1CCCN(Cc2ccc(NC(=O)C3=NN(c4ccccc4)C(=O)CC3)cc2)C1. The number of carbonyl (C=O) groups excluding carboxylic acids is 3. The van der Waals surface area contributed by atoms with Crippen molar-refractivity contribution in [2.75, 3.05) is 23.4 Å². The van der Waals surface area contributed by atoms with Crippen LogP contribution in [0.3, 0.4) is 0 Å². The highest BCUT2D eigenvalue weighted by Gasteiger charge is 2.26. The Bertz CT molecular complexity index is 1020. The maximum absolute atomic E-state index is 12.7. The van der Waals surface area contributed by atoms with Crippen LogP contribution in [0.2, 0.25) is 0 Å². The number of hydrazone groups is 1. The summed E-state index contributed by atoms with van der Waals surface area (Å²) in [4.78, 5) is 38.7. The summed E-state index contributed by atoms with van der Waals surface area (Å²) in [6.45, 7) is 2.36. The molecule has 3 amide bonds. The Morgan fingerprint density at radius 2 is 1.81 bits per heavy atom. The van der Waals surface area contributed by atoms with Crippen LogP contribution in [0.25, 0.3) is 0 Å². The average molecular weight is 434 g/mol. The number of nitrogens with two attached hydrogens (primary N) is 1. The molecule has 4 rings (SSSR count). The zero-order valence-corrected chi connectivity index (χ0v) is 17.9. The summed E-state index contributed by atoms with van der Waals surface area (Å²) in [6, 6.07) is 16.7. The minimum absolute atomic E-state index is 0.0825. The first-order valence-corrected chi connectivity index (χ1v) is 10.9. The fourth-order valence-corrected chi connectivity index (χ4v) is 4.07. The maximum Gasteiger partial charge on any atom is 0.271 e. The number of benzene rings is 2. The fraction of sp³-hybridized carbons (Fsp3) is 0.333. The van der Waals surface area contributed by atoms with E-state index in [1.54, 1.807) is 12.1 Å². The molecule has 8 nitrogen and oxygen atoms in total. The summed E-state index contributed by atoms with van der Waals surface area (Å²) in [7, 11) is 0. The topological polar surface area (TPSA) is 108 Å². The maximum atomic E-state index is 12.7. The molecule has 2 aromatic carbocycles. The Labute approximate surface area is 187 Å². The van der Waals surface area contributed by atoms with Crippen molar-refractivity contribution in [1.82, 2.24) is 4.90 Å². The van der Waals surface area contributed by atoms with Gasteiger partial charge in [-0.2, -0.15) is 5.10 Å². The van der Waals surface area contributed by atoms with Gasteiger partial charge in [-0.25, -0.2) is 5.01 Å². The summed E-state index contributed by atoms with van der Waals surface area (Å²) >= 11 is 0. The Morgan fingerprint density at radius 1 is 1.06 bits per heavy atom. The first-order valence-electron chi connectivity index (χ1n) is 10.9. The number of likely N-dealkylation sites (tertiary alicyclic amines) is 1. The molecule has 1 unspecified atom stereocenters. The molecule has 0 saturated carbocycles. The monoisotopic (exact) mass is 433 g/mol. The van der Waals surface area contributed by atoms with Gasteiger partial charge in [0.1, 0.15) is 5.71 Å². The van der Waals surface area contributed by atoms with Gasteiger partial charge in [-0.1, -0.05) is 30.3 Å². The number of rotatable bonds is 6. The molecule has 0 aliphatic carbocycles. The van der Waals surface area contributed by atoms with Crippen molar-refractivity contribution in [3.8, 4) is 0 Å². The predicted molar refractivity (Wildman–Crippen MR) is 123 cm³/mol. The number of hydrogen-bond donors (Lipinski definition) is 2. The lowest BCUT2D eigenvalue weighted by Gasteiger charge is -2.31. The van der Waals surface area contributed by atoms with Crippen molar-refractivity contribution in [2.24, 2.45) is 16.8 Å². The predicted octanol–water partition coefficient (Wildman–Crippen LogP) is 2.51. The van der Waals surface area contributed by atoms with E-state index in [4.69, 9.17) is 5.73 Å². The van der Waals surface area contributed by atoms with E-state index >= 15 is 0 Å². The van der Waals surface area contributed by atoms with Crippen molar-refractivity contribution in [3.05, 3.63) is 60.2 Å². The van der Waals surface area contributed by atoms with Gasteiger partial charge in [0.05, 0.1) is 11.6 Å². The minimum Gasteiger partial charge on any atom is -0.369 e. The van der Waals surface area contributed by atoms with Crippen LogP contribution in [-0.2, 0) is 20.9 Å². The quantitative estimate of drug-likeness (QED) is 0.730. The van der Waals surface area contributed by atoms with E-state index in [9.17, 15) is 14.4 Å². The molecule has 1 saturated heterocycles. The van der Waals surface area contributed by atoms with Gasteiger partial charge < -0.3 is 11.1 Å². The molecule has 0 aromatic heterocycles. The third kappa shape index (κ3) is 5.20. The number of amides is 3. The summed E-state index contributed by atoms with van der Waals surface area (Å²) in [5, 5.41) is 8.45. The van der Waals surface area contributed by atoms with Gasteiger partial charge in [-0.3, -0.25) is 19.3 Å². The van der Waals surface area contributed by atoms with Crippen molar-refractivity contribution in [1.29, 1.82) is 0 Å². The largest absolute Gasteiger partial charge is 0.369 e. The lowest BCUT2D eigenvalue weighted by Crippen LogP contribution is -2.40. The molecule has 1 atom stereocenters. The second-order valence-electron chi connectivity index (χ2n) is 8.22. The molecule has 2 heterocycles. The minimum atomic E-state index is -0.313. The fourth-order valence-electron chi connectivity index (χ4n) is 4.07. The normalized spacial score (nSPS) is 19.4. The second-order valence-corrected chi connectivity index (χ2v) is 8.22. The van der Waals surface area contributed by atoms with E-state index in [1.807, 2.05) is 42.5 Å². The molecule has 32 heavy (non-hydrogen) atoms. The van der Waals surface area contributed by atoms with E-state index in [-0.39, 0.29) is 30.1 Å².